The Morgan fingerprint density at radius 1 is 1.08 bits per heavy atom. The van der Waals surface area contributed by atoms with Crippen LogP contribution < -0.4 is 10.3 Å². The highest BCUT2D eigenvalue weighted by Crippen LogP contribution is 2.29. The van der Waals surface area contributed by atoms with Crippen molar-refractivity contribution in [3.05, 3.63) is 60.3 Å². The number of anilines is 2. The summed E-state index contributed by atoms with van der Waals surface area (Å²) in [4.78, 5) is 23.6. The number of hydrogen-bond acceptors (Lipinski definition) is 7. The zero-order valence-corrected chi connectivity index (χ0v) is 21.1. The second kappa shape index (κ2) is 11.8. The van der Waals surface area contributed by atoms with Crippen LogP contribution in [0.1, 0.15) is 37.7 Å². The average molecular weight is 489 g/mol. The standard InChI is InChI=1S/C28H36N6O2/c1-22(35)30-26-8-4-7-24(20-26)23-10-14-32(15-11-23)12-5-13-34(33-16-18-36-19-17-33)28-29-21-25-6-2-3-9-27(25)31-28/h2-4,6-9,20-21,23H,5,10-19H2,1H3,(H,30,35). The first kappa shape index (κ1) is 24.6. The maximum Gasteiger partial charge on any atom is 0.240 e. The second-order valence-corrected chi connectivity index (χ2v) is 9.69. The Morgan fingerprint density at radius 2 is 1.89 bits per heavy atom. The van der Waals surface area contributed by atoms with Crippen molar-refractivity contribution in [3.63, 3.8) is 0 Å². The van der Waals surface area contributed by atoms with E-state index in [1.54, 1.807) is 6.92 Å². The van der Waals surface area contributed by atoms with E-state index in [0.717, 1.165) is 94.3 Å². The Balaban J connectivity index is 1.17. The molecule has 1 N–H and O–H groups in total. The SMILES string of the molecule is CC(=O)Nc1cccc(C2CCN(CCCN(c3ncc4ccccc4n3)N3CCOCC3)CC2)c1. The number of aromatic nitrogens is 2. The van der Waals surface area contributed by atoms with Crippen LogP contribution in [0.4, 0.5) is 11.6 Å². The van der Waals surface area contributed by atoms with E-state index in [9.17, 15) is 4.79 Å². The van der Waals surface area contributed by atoms with E-state index >= 15 is 0 Å². The van der Waals surface area contributed by atoms with Gasteiger partial charge in [0.25, 0.3) is 0 Å². The first-order valence-electron chi connectivity index (χ1n) is 13.1. The van der Waals surface area contributed by atoms with Crippen LogP contribution >= 0.6 is 0 Å². The van der Waals surface area contributed by atoms with Crippen molar-refractivity contribution in [2.75, 3.05) is 62.8 Å². The highest BCUT2D eigenvalue weighted by molar-refractivity contribution is 5.88. The Hall–Kier alpha value is -3.07. The van der Waals surface area contributed by atoms with E-state index in [2.05, 4.69) is 38.4 Å². The molecule has 3 aromatic rings. The smallest absolute Gasteiger partial charge is 0.240 e. The van der Waals surface area contributed by atoms with Gasteiger partial charge in [-0.3, -0.25) is 9.80 Å². The molecule has 8 heteroatoms. The third kappa shape index (κ3) is 6.19. The summed E-state index contributed by atoms with van der Waals surface area (Å²) >= 11 is 0. The number of rotatable bonds is 8. The van der Waals surface area contributed by atoms with Gasteiger partial charge in [0.2, 0.25) is 11.9 Å². The van der Waals surface area contributed by atoms with E-state index in [-0.39, 0.29) is 5.91 Å². The third-order valence-corrected chi connectivity index (χ3v) is 7.15. The summed E-state index contributed by atoms with van der Waals surface area (Å²) in [6.07, 6.45) is 5.27. The minimum atomic E-state index is -0.0258. The maximum atomic E-state index is 11.4. The van der Waals surface area contributed by atoms with Gasteiger partial charge in [-0.2, -0.15) is 0 Å². The van der Waals surface area contributed by atoms with Gasteiger partial charge < -0.3 is 15.0 Å². The number of likely N-dealkylation sites (tertiary alicyclic amines) is 1. The fourth-order valence-electron chi connectivity index (χ4n) is 5.26. The number of hydrazine groups is 1. The third-order valence-electron chi connectivity index (χ3n) is 7.15. The van der Waals surface area contributed by atoms with Crippen LogP contribution in [0.25, 0.3) is 10.9 Å². The number of fused-ring (bicyclic) bond motifs is 1. The fourth-order valence-corrected chi connectivity index (χ4v) is 5.26. The van der Waals surface area contributed by atoms with Crippen molar-refractivity contribution in [2.24, 2.45) is 0 Å². The van der Waals surface area contributed by atoms with E-state index in [4.69, 9.17) is 14.7 Å². The van der Waals surface area contributed by atoms with Gasteiger partial charge in [-0.1, -0.05) is 30.3 Å². The average Bonchev–Trinajstić information content (AvgIpc) is 2.91. The van der Waals surface area contributed by atoms with E-state index in [1.165, 1.54) is 5.56 Å². The maximum absolute atomic E-state index is 11.4. The summed E-state index contributed by atoms with van der Waals surface area (Å²) in [5.41, 5.74) is 3.19. The van der Waals surface area contributed by atoms with Gasteiger partial charge >= 0.3 is 0 Å². The molecule has 0 bridgehead atoms. The molecule has 36 heavy (non-hydrogen) atoms. The lowest BCUT2D eigenvalue weighted by Gasteiger charge is -2.38. The van der Waals surface area contributed by atoms with Crippen molar-refractivity contribution >= 4 is 28.4 Å². The van der Waals surface area contributed by atoms with Crippen LogP contribution in [0, 0.1) is 0 Å². The van der Waals surface area contributed by atoms with Crippen molar-refractivity contribution in [1.82, 2.24) is 19.9 Å². The zero-order chi connectivity index (χ0) is 24.7. The van der Waals surface area contributed by atoms with E-state index in [0.29, 0.717) is 5.92 Å². The normalized spacial score (nSPS) is 17.8. The highest BCUT2D eigenvalue weighted by atomic mass is 16.5. The minimum absolute atomic E-state index is 0.0258. The molecule has 5 rings (SSSR count). The van der Waals surface area contributed by atoms with Gasteiger partial charge in [0.15, 0.2) is 0 Å². The number of amides is 1. The first-order valence-corrected chi connectivity index (χ1v) is 13.1. The van der Waals surface area contributed by atoms with Crippen molar-refractivity contribution < 1.29 is 9.53 Å². The zero-order valence-electron chi connectivity index (χ0n) is 21.1. The summed E-state index contributed by atoms with van der Waals surface area (Å²) in [5.74, 6) is 1.29. The molecule has 2 aliphatic rings. The van der Waals surface area contributed by atoms with Gasteiger partial charge in [-0.05, 0) is 68.6 Å². The van der Waals surface area contributed by atoms with Crippen LogP contribution in [-0.2, 0) is 9.53 Å². The second-order valence-electron chi connectivity index (χ2n) is 9.69. The number of carbonyl (C=O) groups excluding carboxylic acids is 1. The topological polar surface area (TPSA) is 73.8 Å². The Bertz CT molecular complexity index is 1160. The molecule has 0 radical (unpaired) electrons. The number of ether oxygens (including phenoxy) is 1. The van der Waals surface area contributed by atoms with Crippen molar-refractivity contribution in [1.29, 1.82) is 0 Å². The molecule has 3 heterocycles. The molecule has 1 amide bonds. The molecule has 0 atom stereocenters. The van der Waals surface area contributed by atoms with Gasteiger partial charge in [0, 0.05) is 43.8 Å². The van der Waals surface area contributed by atoms with E-state index < -0.39 is 0 Å². The van der Waals surface area contributed by atoms with Crippen LogP contribution in [0.15, 0.2) is 54.7 Å². The summed E-state index contributed by atoms with van der Waals surface area (Å²) in [6.45, 7) is 8.89. The predicted molar refractivity (Wildman–Crippen MR) is 143 cm³/mol. The van der Waals surface area contributed by atoms with Crippen LogP contribution in [-0.4, -0.2) is 78.3 Å². The number of carbonyl (C=O) groups is 1. The van der Waals surface area contributed by atoms with Gasteiger partial charge in [0.05, 0.1) is 18.7 Å². The lowest BCUT2D eigenvalue weighted by atomic mass is 9.89. The lowest BCUT2D eigenvalue weighted by molar-refractivity contribution is -0.114. The molecule has 0 saturated carbocycles. The van der Waals surface area contributed by atoms with Crippen molar-refractivity contribution in [3.8, 4) is 0 Å². The molecule has 2 fully saturated rings. The van der Waals surface area contributed by atoms with E-state index in [1.807, 2.05) is 36.5 Å². The quantitative estimate of drug-likeness (QED) is 0.515. The molecule has 1 aromatic heterocycles. The number of para-hydroxylation sites is 1. The first-order chi connectivity index (χ1) is 17.7. The number of benzene rings is 2. The molecule has 2 aromatic carbocycles. The van der Waals surface area contributed by atoms with Crippen LogP contribution in [0.5, 0.6) is 0 Å². The molecule has 2 aliphatic heterocycles. The van der Waals surface area contributed by atoms with Gasteiger partial charge in [-0.15, -0.1) is 0 Å². The molecular formula is C28H36N6O2. The molecule has 0 spiro atoms. The summed E-state index contributed by atoms with van der Waals surface area (Å²) in [7, 11) is 0. The predicted octanol–water partition coefficient (Wildman–Crippen LogP) is 3.91. The Kier molecular flexibility index (Phi) is 8.05. The number of hydrogen-bond donors (Lipinski definition) is 1. The summed E-state index contributed by atoms with van der Waals surface area (Å²) in [6, 6.07) is 16.5. The molecule has 0 unspecified atom stereocenters. The summed E-state index contributed by atoms with van der Waals surface area (Å²) in [5, 5.41) is 8.56. The number of nitrogens with one attached hydrogen (secondary N) is 1. The fraction of sp³-hybridized carbons (Fsp3) is 0.464. The van der Waals surface area contributed by atoms with Crippen LogP contribution in [0.2, 0.25) is 0 Å². The number of morpholine rings is 1. The monoisotopic (exact) mass is 488 g/mol. The molecule has 190 valence electrons. The van der Waals surface area contributed by atoms with Crippen molar-refractivity contribution in [2.45, 2.75) is 32.1 Å². The lowest BCUT2D eigenvalue weighted by Crippen LogP contribution is -2.50. The number of piperidine rings is 1. The molecule has 0 aliphatic carbocycles. The Morgan fingerprint density at radius 3 is 2.69 bits per heavy atom. The van der Waals surface area contributed by atoms with Gasteiger partial charge in [0.1, 0.15) is 0 Å². The Labute approximate surface area is 213 Å². The highest BCUT2D eigenvalue weighted by Gasteiger charge is 2.24. The van der Waals surface area contributed by atoms with Gasteiger partial charge in [-0.25, -0.2) is 15.0 Å². The summed E-state index contributed by atoms with van der Waals surface area (Å²) < 4.78 is 5.59. The molecule has 8 nitrogen and oxygen atoms in total. The molecular weight excluding hydrogens is 452 g/mol. The minimum Gasteiger partial charge on any atom is -0.379 e. The number of nitrogens with zero attached hydrogens (tertiary/aromatic N) is 5. The molecule has 2 saturated heterocycles. The largest absolute Gasteiger partial charge is 0.379 e. The van der Waals surface area contributed by atoms with Crippen LogP contribution in [0.3, 0.4) is 0 Å².